The van der Waals surface area contributed by atoms with E-state index in [2.05, 4.69) is 36.5 Å². The molecule has 18 heavy (non-hydrogen) atoms. The summed E-state index contributed by atoms with van der Waals surface area (Å²) in [4.78, 5) is 0. The quantitative estimate of drug-likeness (QED) is 0.606. The second kappa shape index (κ2) is 10.1. The van der Waals surface area contributed by atoms with Crippen molar-refractivity contribution in [3.05, 3.63) is 35.4 Å². The number of benzene rings is 1. The van der Waals surface area contributed by atoms with Gasteiger partial charge in [-0.25, -0.2) is 0 Å². The van der Waals surface area contributed by atoms with Crippen LogP contribution in [0.2, 0.25) is 0 Å². The van der Waals surface area contributed by atoms with E-state index in [1.807, 2.05) is 7.05 Å². The summed E-state index contributed by atoms with van der Waals surface area (Å²) in [5, 5.41) is 3.20. The van der Waals surface area contributed by atoms with Gasteiger partial charge in [-0.05, 0) is 56.8 Å². The number of aryl methyl sites for hydroxylation is 2. The van der Waals surface area contributed by atoms with Gasteiger partial charge >= 0.3 is 0 Å². The second-order valence-electron chi connectivity index (χ2n) is 5.19. The molecule has 0 spiro atoms. The first-order valence-electron chi connectivity index (χ1n) is 7.59. The van der Waals surface area contributed by atoms with Crippen molar-refractivity contribution in [3.8, 4) is 0 Å². The van der Waals surface area contributed by atoms with Gasteiger partial charge in [0.2, 0.25) is 0 Å². The molecule has 0 fully saturated rings. The maximum Gasteiger partial charge on any atom is -0.00518 e. The Morgan fingerprint density at radius 2 is 1.33 bits per heavy atom. The molecule has 0 heterocycles. The third kappa shape index (κ3) is 6.80. The summed E-state index contributed by atoms with van der Waals surface area (Å²) in [7, 11) is 2.02. The van der Waals surface area contributed by atoms with Crippen molar-refractivity contribution in [1.82, 2.24) is 5.32 Å². The number of hydrogen-bond acceptors (Lipinski definition) is 1. The van der Waals surface area contributed by atoms with Crippen LogP contribution >= 0.6 is 0 Å². The van der Waals surface area contributed by atoms with Gasteiger partial charge in [0, 0.05) is 0 Å². The molecule has 0 bridgehead atoms. The second-order valence-corrected chi connectivity index (χ2v) is 5.19. The highest BCUT2D eigenvalue weighted by Crippen LogP contribution is 2.11. The summed E-state index contributed by atoms with van der Waals surface area (Å²) < 4.78 is 0. The van der Waals surface area contributed by atoms with Crippen molar-refractivity contribution in [2.24, 2.45) is 0 Å². The molecule has 1 aromatic rings. The Bertz CT molecular complexity index is 258. The van der Waals surface area contributed by atoms with Crippen molar-refractivity contribution >= 4 is 0 Å². The van der Waals surface area contributed by atoms with Gasteiger partial charge in [-0.2, -0.15) is 0 Å². The molecular formula is C17H29N. The van der Waals surface area contributed by atoms with Crippen LogP contribution in [0.4, 0.5) is 0 Å². The molecule has 0 saturated carbocycles. The molecule has 0 atom stereocenters. The zero-order chi connectivity index (χ0) is 13.1. The van der Waals surface area contributed by atoms with Crippen molar-refractivity contribution < 1.29 is 0 Å². The van der Waals surface area contributed by atoms with Gasteiger partial charge in [0.1, 0.15) is 0 Å². The van der Waals surface area contributed by atoms with E-state index in [0.29, 0.717) is 0 Å². The van der Waals surface area contributed by atoms with E-state index in [1.165, 1.54) is 62.5 Å². The van der Waals surface area contributed by atoms with E-state index in [1.54, 1.807) is 0 Å². The Hall–Kier alpha value is -0.820. The first-order valence-corrected chi connectivity index (χ1v) is 7.59. The van der Waals surface area contributed by atoms with Gasteiger partial charge in [0.15, 0.2) is 0 Å². The molecule has 1 nitrogen and oxygen atoms in total. The first-order chi connectivity index (χ1) is 8.86. The smallest absolute Gasteiger partial charge is 0.00518 e. The van der Waals surface area contributed by atoms with Crippen molar-refractivity contribution in [2.45, 2.75) is 58.3 Å². The summed E-state index contributed by atoms with van der Waals surface area (Å²) in [6, 6.07) is 9.27. The minimum Gasteiger partial charge on any atom is -0.320 e. The van der Waals surface area contributed by atoms with Crippen LogP contribution in [0.5, 0.6) is 0 Å². The third-order valence-electron chi connectivity index (χ3n) is 3.48. The number of nitrogens with one attached hydrogen (secondary N) is 1. The van der Waals surface area contributed by atoms with Crippen molar-refractivity contribution in [1.29, 1.82) is 0 Å². The zero-order valence-electron chi connectivity index (χ0n) is 12.2. The lowest BCUT2D eigenvalue weighted by atomic mass is 10.0. The topological polar surface area (TPSA) is 12.0 Å². The lowest BCUT2D eigenvalue weighted by molar-refractivity contribution is 0.666. The van der Waals surface area contributed by atoms with Crippen LogP contribution in [0.3, 0.4) is 0 Å². The highest BCUT2D eigenvalue weighted by molar-refractivity contribution is 5.22. The van der Waals surface area contributed by atoms with Crippen LogP contribution in [-0.4, -0.2) is 13.6 Å². The van der Waals surface area contributed by atoms with Crippen LogP contribution < -0.4 is 5.32 Å². The molecule has 0 unspecified atom stereocenters. The van der Waals surface area contributed by atoms with E-state index < -0.39 is 0 Å². The third-order valence-corrected chi connectivity index (χ3v) is 3.48. The van der Waals surface area contributed by atoms with Crippen LogP contribution in [-0.2, 0) is 12.8 Å². The summed E-state index contributed by atoms with van der Waals surface area (Å²) in [6.07, 6.45) is 10.5. The number of unbranched alkanes of at least 4 members (excludes halogenated alkanes) is 4. The summed E-state index contributed by atoms with van der Waals surface area (Å²) in [6.45, 7) is 3.40. The highest BCUT2D eigenvalue weighted by Gasteiger charge is 1.96. The molecule has 1 aromatic carbocycles. The van der Waals surface area contributed by atoms with Gasteiger partial charge in [-0.1, -0.05) is 50.5 Å². The van der Waals surface area contributed by atoms with Crippen molar-refractivity contribution in [3.63, 3.8) is 0 Å². The number of rotatable bonds is 10. The molecule has 0 saturated heterocycles. The average Bonchev–Trinajstić information content (AvgIpc) is 2.41. The van der Waals surface area contributed by atoms with E-state index in [4.69, 9.17) is 0 Å². The maximum atomic E-state index is 3.20. The van der Waals surface area contributed by atoms with Crippen LogP contribution in [0.15, 0.2) is 24.3 Å². The number of hydrogen-bond donors (Lipinski definition) is 1. The Balaban J connectivity index is 2.20. The summed E-state index contributed by atoms with van der Waals surface area (Å²) in [5.74, 6) is 0. The molecule has 0 aliphatic carbocycles. The highest BCUT2D eigenvalue weighted by atomic mass is 14.8. The lowest BCUT2D eigenvalue weighted by Gasteiger charge is -2.04. The molecule has 0 aliphatic rings. The molecule has 102 valence electrons. The van der Waals surface area contributed by atoms with Crippen LogP contribution in [0.25, 0.3) is 0 Å². The van der Waals surface area contributed by atoms with Gasteiger partial charge in [-0.3, -0.25) is 0 Å². The first kappa shape index (κ1) is 15.2. The maximum absolute atomic E-state index is 3.20. The van der Waals surface area contributed by atoms with Crippen LogP contribution in [0.1, 0.15) is 56.6 Å². The monoisotopic (exact) mass is 247 g/mol. The zero-order valence-corrected chi connectivity index (χ0v) is 12.2. The Morgan fingerprint density at radius 1 is 0.778 bits per heavy atom. The fraction of sp³-hybridized carbons (Fsp3) is 0.647. The van der Waals surface area contributed by atoms with E-state index in [9.17, 15) is 0 Å². The fourth-order valence-corrected chi connectivity index (χ4v) is 2.26. The Labute approximate surface area is 113 Å². The van der Waals surface area contributed by atoms with Gasteiger partial charge in [-0.15, -0.1) is 0 Å². The lowest BCUT2D eigenvalue weighted by Crippen LogP contribution is -2.07. The normalized spacial score (nSPS) is 10.8. The predicted molar refractivity (Wildman–Crippen MR) is 81.2 cm³/mol. The molecule has 1 rings (SSSR count). The van der Waals surface area contributed by atoms with Gasteiger partial charge in [0.05, 0.1) is 0 Å². The summed E-state index contributed by atoms with van der Waals surface area (Å²) >= 11 is 0. The fourth-order valence-electron chi connectivity index (χ4n) is 2.26. The Kier molecular flexibility index (Phi) is 8.58. The average molecular weight is 247 g/mol. The Morgan fingerprint density at radius 3 is 1.83 bits per heavy atom. The van der Waals surface area contributed by atoms with E-state index in [-0.39, 0.29) is 0 Å². The largest absolute Gasteiger partial charge is 0.320 e. The molecule has 1 heteroatoms. The molecule has 1 N–H and O–H groups in total. The standard InChI is InChI=1S/C17H29N/c1-3-4-5-6-9-16-11-13-17(14-12-16)10-7-8-15-18-2/h11-14,18H,3-10,15H2,1-2H3. The molecule has 0 radical (unpaired) electrons. The molecule has 0 aliphatic heterocycles. The SMILES string of the molecule is CCCCCCc1ccc(CCCCNC)cc1. The van der Waals surface area contributed by atoms with Gasteiger partial charge in [0.25, 0.3) is 0 Å². The summed E-state index contributed by atoms with van der Waals surface area (Å²) in [5.41, 5.74) is 2.99. The van der Waals surface area contributed by atoms with E-state index in [0.717, 1.165) is 6.54 Å². The predicted octanol–water partition coefficient (Wildman–Crippen LogP) is 4.35. The molecule has 0 aromatic heterocycles. The van der Waals surface area contributed by atoms with E-state index >= 15 is 0 Å². The van der Waals surface area contributed by atoms with Crippen molar-refractivity contribution in [2.75, 3.05) is 13.6 Å². The molecular weight excluding hydrogens is 218 g/mol. The van der Waals surface area contributed by atoms with Gasteiger partial charge < -0.3 is 5.32 Å². The minimum atomic E-state index is 1.13. The molecule has 0 amide bonds. The minimum absolute atomic E-state index is 1.13. The van der Waals surface area contributed by atoms with Crippen LogP contribution in [0, 0.1) is 0 Å².